The number of benzene rings is 1. The van der Waals surface area contributed by atoms with Crippen LogP contribution in [0.1, 0.15) is 34.1 Å². The van der Waals surface area contributed by atoms with Crippen LogP contribution in [-0.4, -0.2) is 36.1 Å². The van der Waals surface area contributed by atoms with Crippen molar-refractivity contribution in [3.05, 3.63) is 30.3 Å². The van der Waals surface area contributed by atoms with Gasteiger partial charge < -0.3 is 19.2 Å². The van der Waals surface area contributed by atoms with Crippen LogP contribution in [0.4, 0.5) is 0 Å². The van der Waals surface area contributed by atoms with Gasteiger partial charge in [0.25, 0.3) is 0 Å². The summed E-state index contributed by atoms with van der Waals surface area (Å²) in [7, 11) is -0.263. The first-order valence-electron chi connectivity index (χ1n) is 7.52. The predicted octanol–water partition coefficient (Wildman–Crippen LogP) is 2.91. The average molecular weight is 292 g/mol. The molecular formula is C16H25BO4. The molecule has 1 unspecified atom stereocenters. The van der Waals surface area contributed by atoms with Gasteiger partial charge in [-0.1, -0.05) is 18.2 Å². The van der Waals surface area contributed by atoms with E-state index >= 15 is 0 Å². The van der Waals surface area contributed by atoms with Gasteiger partial charge in [0.2, 0.25) is 0 Å². The van der Waals surface area contributed by atoms with Gasteiger partial charge in [-0.05, 0) is 52.6 Å². The zero-order chi connectivity index (χ0) is 15.5. The first-order valence-corrected chi connectivity index (χ1v) is 7.52. The number of para-hydroxylation sites is 1. The highest BCUT2D eigenvalue weighted by Crippen LogP contribution is 2.38. The van der Waals surface area contributed by atoms with Crippen LogP contribution in [0.25, 0.3) is 0 Å². The molecule has 0 amide bonds. The fourth-order valence-corrected chi connectivity index (χ4v) is 2.20. The van der Waals surface area contributed by atoms with Crippen LogP contribution in [0.3, 0.4) is 0 Å². The smallest absolute Gasteiger partial charge is 0.457 e. The Morgan fingerprint density at radius 3 is 2.24 bits per heavy atom. The van der Waals surface area contributed by atoms with Crippen molar-refractivity contribution >= 4 is 7.12 Å². The predicted molar refractivity (Wildman–Crippen MR) is 83.4 cm³/mol. The Labute approximate surface area is 127 Å². The Kier molecular flexibility index (Phi) is 4.97. The second kappa shape index (κ2) is 6.38. The van der Waals surface area contributed by atoms with Crippen molar-refractivity contribution in [1.29, 1.82) is 0 Å². The summed E-state index contributed by atoms with van der Waals surface area (Å²) in [5, 5.41) is 9.99. The van der Waals surface area contributed by atoms with Gasteiger partial charge in [0, 0.05) is 0 Å². The van der Waals surface area contributed by atoms with Gasteiger partial charge in [0.15, 0.2) is 0 Å². The van der Waals surface area contributed by atoms with Crippen molar-refractivity contribution < 1.29 is 19.2 Å². The summed E-state index contributed by atoms with van der Waals surface area (Å²) in [5.74, 6) is 0.771. The van der Waals surface area contributed by atoms with Crippen LogP contribution < -0.4 is 4.74 Å². The molecule has 1 atom stereocenters. The maximum atomic E-state index is 9.99. The lowest BCUT2D eigenvalue weighted by Crippen LogP contribution is -2.41. The zero-order valence-corrected chi connectivity index (χ0v) is 13.3. The molecule has 1 N–H and O–H groups in total. The Morgan fingerprint density at radius 2 is 1.67 bits per heavy atom. The lowest BCUT2D eigenvalue weighted by molar-refractivity contribution is 0.00578. The Hall–Kier alpha value is -1.04. The molecule has 1 fully saturated rings. The van der Waals surface area contributed by atoms with Crippen molar-refractivity contribution in [2.45, 2.75) is 57.7 Å². The molecule has 0 bridgehead atoms. The third-order valence-electron chi connectivity index (χ3n) is 4.22. The van der Waals surface area contributed by atoms with Gasteiger partial charge >= 0.3 is 7.12 Å². The van der Waals surface area contributed by atoms with E-state index in [2.05, 4.69) is 0 Å². The third kappa shape index (κ3) is 4.22. The summed E-state index contributed by atoms with van der Waals surface area (Å²) >= 11 is 0. The molecule has 1 aromatic carbocycles. The molecule has 0 aromatic heterocycles. The molecule has 21 heavy (non-hydrogen) atoms. The molecule has 1 saturated heterocycles. The highest BCUT2D eigenvalue weighted by atomic mass is 16.7. The molecule has 1 aromatic rings. The second-order valence-electron chi connectivity index (χ2n) is 6.54. The van der Waals surface area contributed by atoms with E-state index in [-0.39, 0.29) is 24.9 Å². The van der Waals surface area contributed by atoms with Crippen LogP contribution in [-0.2, 0) is 9.31 Å². The van der Waals surface area contributed by atoms with E-state index in [1.807, 2.05) is 58.0 Å². The molecule has 116 valence electrons. The molecule has 1 aliphatic rings. The van der Waals surface area contributed by atoms with Crippen LogP contribution >= 0.6 is 0 Å². The highest BCUT2D eigenvalue weighted by molar-refractivity contribution is 6.45. The molecule has 5 heteroatoms. The average Bonchev–Trinajstić information content (AvgIpc) is 2.63. The monoisotopic (exact) mass is 292 g/mol. The number of aliphatic hydroxyl groups excluding tert-OH is 1. The lowest BCUT2D eigenvalue weighted by atomic mass is 9.82. The standard InChI is InChI=1S/C16H25BO4/c1-15(2)16(3,4)21-17(20-15)11-10-13(18)12-19-14-8-6-5-7-9-14/h5-9,13,18H,10-12H2,1-4H3. The molecule has 0 spiro atoms. The van der Waals surface area contributed by atoms with Crippen molar-refractivity contribution in [3.63, 3.8) is 0 Å². The van der Waals surface area contributed by atoms with Crippen LogP contribution in [0.5, 0.6) is 5.75 Å². The zero-order valence-electron chi connectivity index (χ0n) is 13.3. The Bertz CT molecular complexity index is 431. The summed E-state index contributed by atoms with van der Waals surface area (Å²) in [6.07, 6.45) is 0.722. The second-order valence-corrected chi connectivity index (χ2v) is 6.54. The van der Waals surface area contributed by atoms with E-state index in [9.17, 15) is 5.11 Å². The Morgan fingerprint density at radius 1 is 1.10 bits per heavy atom. The molecule has 4 nitrogen and oxygen atoms in total. The summed E-state index contributed by atoms with van der Waals surface area (Å²) in [5.41, 5.74) is -0.633. The van der Waals surface area contributed by atoms with Crippen molar-refractivity contribution in [2.24, 2.45) is 0 Å². The van der Waals surface area contributed by atoms with Crippen LogP contribution in [0.15, 0.2) is 30.3 Å². The van der Waals surface area contributed by atoms with Gasteiger partial charge in [-0.2, -0.15) is 0 Å². The minimum atomic E-state index is -0.524. The van der Waals surface area contributed by atoms with Gasteiger partial charge in [-0.15, -0.1) is 0 Å². The molecule has 0 radical (unpaired) electrons. The molecule has 2 rings (SSSR count). The Balaban J connectivity index is 1.72. The van der Waals surface area contributed by atoms with Gasteiger partial charge in [0.1, 0.15) is 12.4 Å². The minimum Gasteiger partial charge on any atom is -0.491 e. The number of hydrogen-bond donors (Lipinski definition) is 1. The number of rotatable bonds is 6. The summed E-state index contributed by atoms with van der Waals surface area (Å²) in [6.45, 7) is 8.40. The minimum absolute atomic E-state index is 0.263. The van der Waals surface area contributed by atoms with Crippen molar-refractivity contribution in [3.8, 4) is 5.75 Å². The first-order chi connectivity index (χ1) is 9.80. The van der Waals surface area contributed by atoms with Crippen LogP contribution in [0.2, 0.25) is 6.32 Å². The quantitative estimate of drug-likeness (QED) is 0.819. The summed E-state index contributed by atoms with van der Waals surface area (Å²) < 4.78 is 17.3. The third-order valence-corrected chi connectivity index (χ3v) is 4.22. The topological polar surface area (TPSA) is 47.9 Å². The summed E-state index contributed by atoms with van der Waals surface area (Å²) in [6, 6.07) is 9.50. The maximum Gasteiger partial charge on any atom is 0.457 e. The first kappa shape index (κ1) is 16.3. The normalized spacial score (nSPS) is 21.3. The van der Waals surface area contributed by atoms with Crippen molar-refractivity contribution in [1.82, 2.24) is 0 Å². The fraction of sp³-hybridized carbons (Fsp3) is 0.625. The molecule has 1 aliphatic heterocycles. The van der Waals surface area contributed by atoms with E-state index in [4.69, 9.17) is 14.0 Å². The van der Waals surface area contributed by atoms with E-state index in [0.717, 1.165) is 5.75 Å². The van der Waals surface area contributed by atoms with Gasteiger partial charge in [0.05, 0.1) is 17.3 Å². The number of aliphatic hydroxyl groups is 1. The fourth-order valence-electron chi connectivity index (χ4n) is 2.20. The van der Waals surface area contributed by atoms with E-state index in [1.54, 1.807) is 0 Å². The van der Waals surface area contributed by atoms with Crippen LogP contribution in [0, 0.1) is 0 Å². The van der Waals surface area contributed by atoms with Gasteiger partial charge in [-0.3, -0.25) is 0 Å². The van der Waals surface area contributed by atoms with Crippen molar-refractivity contribution in [2.75, 3.05) is 6.61 Å². The molecular weight excluding hydrogens is 267 g/mol. The maximum absolute atomic E-state index is 9.99. The lowest BCUT2D eigenvalue weighted by Gasteiger charge is -2.32. The largest absolute Gasteiger partial charge is 0.491 e. The molecule has 0 aliphatic carbocycles. The van der Waals surface area contributed by atoms with Gasteiger partial charge in [-0.25, -0.2) is 0 Å². The van der Waals surface area contributed by atoms with E-state index < -0.39 is 6.10 Å². The summed E-state index contributed by atoms with van der Waals surface area (Å²) in [4.78, 5) is 0. The molecule has 1 heterocycles. The number of ether oxygens (including phenoxy) is 1. The van der Waals surface area contributed by atoms with E-state index in [1.165, 1.54) is 0 Å². The number of hydrogen-bond acceptors (Lipinski definition) is 4. The molecule has 0 saturated carbocycles. The SMILES string of the molecule is CC1(C)OB(CCC(O)COc2ccccc2)OC1(C)C. The van der Waals surface area contributed by atoms with E-state index in [0.29, 0.717) is 12.7 Å². The highest BCUT2D eigenvalue weighted by Gasteiger charge is 2.50.